The third kappa shape index (κ3) is 2.44. The average molecular weight is 238 g/mol. The number of hydrogen-bond donors (Lipinski definition) is 1. The zero-order chi connectivity index (χ0) is 10.8. The molecule has 0 aliphatic rings. The topological polar surface area (TPSA) is 24.9 Å². The van der Waals surface area contributed by atoms with Crippen molar-refractivity contribution in [1.29, 1.82) is 0 Å². The zero-order valence-electron chi connectivity index (χ0n) is 9.07. The van der Waals surface area contributed by atoms with Crippen molar-refractivity contribution in [2.24, 2.45) is 0 Å². The highest BCUT2D eigenvalue weighted by atomic mass is 32.2. The summed E-state index contributed by atoms with van der Waals surface area (Å²) in [5, 5.41) is 4.68. The molecule has 1 aromatic carbocycles. The molecule has 1 heterocycles. The maximum absolute atomic E-state index is 4.45. The van der Waals surface area contributed by atoms with E-state index >= 15 is 0 Å². The van der Waals surface area contributed by atoms with Gasteiger partial charge in [0.05, 0.1) is 10.2 Å². The molecule has 2 aromatic rings. The second-order valence-electron chi connectivity index (χ2n) is 3.57. The van der Waals surface area contributed by atoms with Crippen LogP contribution in [-0.2, 0) is 0 Å². The van der Waals surface area contributed by atoms with Gasteiger partial charge in [0.1, 0.15) is 0 Å². The number of nitrogens with zero attached hydrogens (tertiary/aromatic N) is 1. The van der Waals surface area contributed by atoms with Gasteiger partial charge in [-0.3, -0.25) is 0 Å². The third-order valence-corrected chi connectivity index (χ3v) is 3.98. The van der Waals surface area contributed by atoms with Gasteiger partial charge in [0.2, 0.25) is 0 Å². The summed E-state index contributed by atoms with van der Waals surface area (Å²) in [6, 6.07) is 6.46. The Morgan fingerprint density at radius 2 is 2.20 bits per heavy atom. The minimum atomic E-state index is 0.624. The van der Waals surface area contributed by atoms with Crippen LogP contribution < -0.4 is 5.32 Å². The van der Waals surface area contributed by atoms with Crippen molar-refractivity contribution >= 4 is 38.4 Å². The minimum Gasteiger partial charge on any atom is -0.365 e. The fourth-order valence-electron chi connectivity index (χ4n) is 1.36. The highest BCUT2D eigenvalue weighted by molar-refractivity contribution is 7.99. The summed E-state index contributed by atoms with van der Waals surface area (Å²) in [4.78, 5) is 5.77. The second-order valence-corrected chi connectivity index (χ2v) is 6.25. The zero-order valence-corrected chi connectivity index (χ0v) is 10.7. The summed E-state index contributed by atoms with van der Waals surface area (Å²) in [6.45, 7) is 4.42. The Bertz CT molecular complexity index is 463. The number of anilines is 1. The Morgan fingerprint density at radius 3 is 2.87 bits per heavy atom. The van der Waals surface area contributed by atoms with E-state index in [1.54, 1.807) is 11.3 Å². The van der Waals surface area contributed by atoms with Crippen LogP contribution in [0.3, 0.4) is 0 Å². The molecule has 0 spiro atoms. The van der Waals surface area contributed by atoms with Crippen molar-refractivity contribution in [3.63, 3.8) is 0 Å². The summed E-state index contributed by atoms with van der Waals surface area (Å²) < 4.78 is 1.25. The van der Waals surface area contributed by atoms with Gasteiger partial charge >= 0.3 is 0 Å². The SMILES string of the molecule is CNc1nc2ccc(SC(C)C)cc2s1. The Kier molecular flexibility index (Phi) is 3.17. The van der Waals surface area contributed by atoms with Gasteiger partial charge < -0.3 is 5.32 Å². The van der Waals surface area contributed by atoms with E-state index in [1.807, 2.05) is 18.8 Å². The molecule has 1 N–H and O–H groups in total. The van der Waals surface area contributed by atoms with E-state index in [1.165, 1.54) is 9.60 Å². The van der Waals surface area contributed by atoms with Crippen LogP contribution in [0.1, 0.15) is 13.8 Å². The number of benzene rings is 1. The number of aromatic nitrogens is 1. The van der Waals surface area contributed by atoms with Crippen LogP contribution in [0.25, 0.3) is 10.2 Å². The number of nitrogens with one attached hydrogen (secondary N) is 1. The van der Waals surface area contributed by atoms with Gasteiger partial charge in [-0.2, -0.15) is 0 Å². The van der Waals surface area contributed by atoms with Gasteiger partial charge in [0.25, 0.3) is 0 Å². The minimum absolute atomic E-state index is 0.624. The van der Waals surface area contributed by atoms with Gasteiger partial charge in [-0.1, -0.05) is 25.2 Å². The van der Waals surface area contributed by atoms with Crippen molar-refractivity contribution in [3.05, 3.63) is 18.2 Å². The molecule has 2 nitrogen and oxygen atoms in total. The van der Waals surface area contributed by atoms with E-state index in [2.05, 4.69) is 42.3 Å². The number of fused-ring (bicyclic) bond motifs is 1. The molecule has 0 aliphatic carbocycles. The van der Waals surface area contributed by atoms with Crippen molar-refractivity contribution in [1.82, 2.24) is 4.98 Å². The van der Waals surface area contributed by atoms with E-state index < -0.39 is 0 Å². The van der Waals surface area contributed by atoms with Gasteiger partial charge in [-0.05, 0) is 18.2 Å². The van der Waals surface area contributed by atoms with Crippen LogP contribution in [-0.4, -0.2) is 17.3 Å². The Hall–Kier alpha value is -0.740. The smallest absolute Gasteiger partial charge is 0.183 e. The summed E-state index contributed by atoms with van der Waals surface area (Å²) in [5.74, 6) is 0. The van der Waals surface area contributed by atoms with Gasteiger partial charge in [-0.25, -0.2) is 4.98 Å². The molecule has 4 heteroatoms. The number of rotatable bonds is 3. The van der Waals surface area contributed by atoms with Crippen molar-refractivity contribution in [2.75, 3.05) is 12.4 Å². The molecule has 0 radical (unpaired) electrons. The molecule has 0 unspecified atom stereocenters. The Labute approximate surface area is 98.1 Å². The monoisotopic (exact) mass is 238 g/mol. The van der Waals surface area contributed by atoms with E-state index in [0.29, 0.717) is 5.25 Å². The first-order valence-corrected chi connectivity index (χ1v) is 6.63. The van der Waals surface area contributed by atoms with Crippen LogP contribution in [0.5, 0.6) is 0 Å². The highest BCUT2D eigenvalue weighted by Gasteiger charge is 2.04. The van der Waals surface area contributed by atoms with E-state index in [4.69, 9.17) is 0 Å². The van der Waals surface area contributed by atoms with Gasteiger partial charge in [0, 0.05) is 17.2 Å². The highest BCUT2D eigenvalue weighted by Crippen LogP contribution is 2.31. The van der Waals surface area contributed by atoms with Crippen LogP contribution >= 0.6 is 23.1 Å². The van der Waals surface area contributed by atoms with Crippen molar-refractivity contribution in [2.45, 2.75) is 24.0 Å². The van der Waals surface area contributed by atoms with Crippen molar-refractivity contribution in [3.8, 4) is 0 Å². The maximum atomic E-state index is 4.45. The average Bonchev–Trinajstić information content (AvgIpc) is 2.58. The first-order chi connectivity index (χ1) is 7.19. The lowest BCUT2D eigenvalue weighted by Gasteiger charge is -2.03. The molecule has 0 atom stereocenters. The molecule has 80 valence electrons. The number of hydrogen-bond acceptors (Lipinski definition) is 4. The van der Waals surface area contributed by atoms with Gasteiger partial charge in [0.15, 0.2) is 5.13 Å². The van der Waals surface area contributed by atoms with Crippen LogP contribution in [0.15, 0.2) is 23.1 Å². The molecule has 0 aliphatic heterocycles. The van der Waals surface area contributed by atoms with Crippen LogP contribution in [0.2, 0.25) is 0 Å². The first-order valence-electron chi connectivity index (χ1n) is 4.94. The van der Waals surface area contributed by atoms with Gasteiger partial charge in [-0.15, -0.1) is 11.8 Å². The maximum Gasteiger partial charge on any atom is 0.183 e. The normalized spacial score (nSPS) is 11.2. The fourth-order valence-corrected chi connectivity index (χ4v) is 3.17. The fraction of sp³-hybridized carbons (Fsp3) is 0.364. The summed E-state index contributed by atoms with van der Waals surface area (Å²) in [6.07, 6.45) is 0. The third-order valence-electron chi connectivity index (χ3n) is 1.95. The molecule has 15 heavy (non-hydrogen) atoms. The summed E-state index contributed by atoms with van der Waals surface area (Å²) >= 11 is 3.59. The first kappa shape index (κ1) is 10.8. The lowest BCUT2D eigenvalue weighted by Crippen LogP contribution is -1.85. The van der Waals surface area contributed by atoms with E-state index in [0.717, 1.165) is 10.6 Å². The lowest BCUT2D eigenvalue weighted by atomic mass is 10.3. The summed E-state index contributed by atoms with van der Waals surface area (Å²) in [7, 11) is 1.90. The molecule has 0 bridgehead atoms. The van der Waals surface area contributed by atoms with Crippen molar-refractivity contribution < 1.29 is 0 Å². The predicted molar refractivity (Wildman–Crippen MR) is 70.2 cm³/mol. The Morgan fingerprint density at radius 1 is 1.40 bits per heavy atom. The number of thioether (sulfide) groups is 1. The van der Waals surface area contributed by atoms with Crippen LogP contribution in [0, 0.1) is 0 Å². The number of thiazole rings is 1. The molecule has 2 rings (SSSR count). The molecule has 0 fully saturated rings. The predicted octanol–water partition coefficient (Wildman–Crippen LogP) is 3.84. The molecule has 1 aromatic heterocycles. The molecular formula is C11H14N2S2. The van der Waals surface area contributed by atoms with Crippen LogP contribution in [0.4, 0.5) is 5.13 Å². The summed E-state index contributed by atoms with van der Waals surface area (Å²) in [5.41, 5.74) is 1.08. The molecule has 0 saturated carbocycles. The lowest BCUT2D eigenvalue weighted by molar-refractivity contribution is 1.11. The molecule has 0 saturated heterocycles. The molecule has 0 amide bonds. The Balaban J connectivity index is 2.37. The van der Waals surface area contributed by atoms with E-state index in [-0.39, 0.29) is 0 Å². The standard InChI is InChI=1S/C11H14N2S2/c1-7(2)14-8-4-5-9-10(6-8)15-11(12-3)13-9/h4-7H,1-3H3,(H,12,13). The largest absolute Gasteiger partial charge is 0.365 e. The second kappa shape index (κ2) is 4.41. The van der Waals surface area contributed by atoms with E-state index in [9.17, 15) is 0 Å². The molecular weight excluding hydrogens is 224 g/mol. The quantitative estimate of drug-likeness (QED) is 0.822.